The molecule has 0 aromatic carbocycles. The lowest BCUT2D eigenvalue weighted by atomic mass is 10.2. The number of nitrogens with one attached hydrogen (secondary N) is 3. The summed E-state index contributed by atoms with van der Waals surface area (Å²) in [6.07, 6.45) is 2.86. The molecule has 0 aliphatic heterocycles. The number of nitrogens with zero attached hydrogens (tertiary/aromatic N) is 1. The van der Waals surface area contributed by atoms with Gasteiger partial charge in [-0.2, -0.15) is 0 Å². The van der Waals surface area contributed by atoms with E-state index in [1.165, 1.54) is 0 Å². The fraction of sp³-hybridized carbons (Fsp3) is 0.500. The zero-order valence-electron chi connectivity index (χ0n) is 12.6. The number of carbonyl (C=O) groups is 2. The van der Waals surface area contributed by atoms with E-state index in [0.717, 1.165) is 5.56 Å². The SMILES string of the molecule is CC(C)(C)OC(=O)NCCNC(=O)NCc1cccnc1. The quantitative estimate of drug-likeness (QED) is 0.716. The number of hydrogen-bond acceptors (Lipinski definition) is 4. The van der Waals surface area contributed by atoms with Crippen LogP contribution in [0.25, 0.3) is 0 Å². The van der Waals surface area contributed by atoms with Crippen molar-refractivity contribution < 1.29 is 14.3 Å². The van der Waals surface area contributed by atoms with E-state index in [1.807, 2.05) is 6.07 Å². The van der Waals surface area contributed by atoms with Crippen LogP contribution in [0, 0.1) is 0 Å². The number of aromatic nitrogens is 1. The van der Waals surface area contributed by atoms with E-state index in [-0.39, 0.29) is 6.03 Å². The van der Waals surface area contributed by atoms with Crippen molar-refractivity contribution in [2.75, 3.05) is 13.1 Å². The van der Waals surface area contributed by atoms with Gasteiger partial charge in [-0.3, -0.25) is 4.98 Å². The van der Waals surface area contributed by atoms with Crippen molar-refractivity contribution in [3.8, 4) is 0 Å². The molecule has 1 heterocycles. The van der Waals surface area contributed by atoms with Gasteiger partial charge in [0.2, 0.25) is 0 Å². The Morgan fingerprint density at radius 3 is 2.52 bits per heavy atom. The van der Waals surface area contributed by atoms with Crippen LogP contribution in [0.3, 0.4) is 0 Å². The fourth-order valence-corrected chi connectivity index (χ4v) is 1.40. The summed E-state index contributed by atoms with van der Waals surface area (Å²) in [6.45, 7) is 6.39. The van der Waals surface area contributed by atoms with Crippen molar-refractivity contribution in [2.24, 2.45) is 0 Å². The number of pyridine rings is 1. The standard InChI is InChI=1S/C14H22N4O3/c1-14(2,3)21-13(20)17-8-7-16-12(19)18-10-11-5-4-6-15-9-11/h4-6,9H,7-8,10H2,1-3H3,(H,17,20)(H2,16,18,19). The number of carbonyl (C=O) groups excluding carboxylic acids is 2. The lowest BCUT2D eigenvalue weighted by Gasteiger charge is -2.19. The van der Waals surface area contributed by atoms with Gasteiger partial charge < -0.3 is 20.7 Å². The molecule has 7 nitrogen and oxygen atoms in total. The van der Waals surface area contributed by atoms with Gasteiger partial charge in [0.25, 0.3) is 0 Å². The average Bonchev–Trinajstić information content (AvgIpc) is 2.40. The molecule has 0 radical (unpaired) electrons. The molecular weight excluding hydrogens is 272 g/mol. The number of alkyl carbamates (subject to hydrolysis) is 1. The first-order chi connectivity index (χ1) is 9.87. The third kappa shape index (κ3) is 8.46. The van der Waals surface area contributed by atoms with Crippen LogP contribution in [0.1, 0.15) is 26.3 Å². The van der Waals surface area contributed by atoms with E-state index < -0.39 is 11.7 Å². The smallest absolute Gasteiger partial charge is 0.407 e. The number of rotatable bonds is 5. The normalized spacial score (nSPS) is 10.6. The summed E-state index contributed by atoms with van der Waals surface area (Å²) in [5.74, 6) is 0. The Labute approximate surface area is 124 Å². The first kappa shape index (κ1) is 16.7. The van der Waals surface area contributed by atoms with Crippen LogP contribution in [0.2, 0.25) is 0 Å². The van der Waals surface area contributed by atoms with Gasteiger partial charge in [0.05, 0.1) is 0 Å². The second-order valence-corrected chi connectivity index (χ2v) is 5.40. The lowest BCUT2D eigenvalue weighted by Crippen LogP contribution is -2.41. The Morgan fingerprint density at radius 1 is 1.19 bits per heavy atom. The minimum absolute atomic E-state index is 0.301. The number of urea groups is 1. The molecule has 0 bridgehead atoms. The molecule has 1 rings (SSSR count). The van der Waals surface area contributed by atoms with Crippen LogP contribution in [-0.2, 0) is 11.3 Å². The summed E-state index contributed by atoms with van der Waals surface area (Å²) in [7, 11) is 0. The summed E-state index contributed by atoms with van der Waals surface area (Å²) in [5.41, 5.74) is 0.387. The van der Waals surface area contributed by atoms with Crippen LogP contribution in [0.5, 0.6) is 0 Å². The minimum atomic E-state index is -0.529. The number of hydrogen-bond donors (Lipinski definition) is 3. The number of ether oxygens (including phenoxy) is 1. The van der Waals surface area contributed by atoms with Crippen LogP contribution in [0.4, 0.5) is 9.59 Å². The maximum Gasteiger partial charge on any atom is 0.407 e. The van der Waals surface area contributed by atoms with Crippen molar-refractivity contribution in [3.63, 3.8) is 0 Å². The van der Waals surface area contributed by atoms with E-state index in [2.05, 4.69) is 20.9 Å². The molecule has 3 amide bonds. The highest BCUT2D eigenvalue weighted by atomic mass is 16.6. The van der Waals surface area contributed by atoms with Gasteiger partial charge in [0, 0.05) is 32.0 Å². The highest BCUT2D eigenvalue weighted by molar-refractivity contribution is 5.74. The molecule has 3 N–H and O–H groups in total. The third-order valence-corrected chi connectivity index (χ3v) is 2.25. The van der Waals surface area contributed by atoms with Gasteiger partial charge in [0.1, 0.15) is 5.60 Å². The molecule has 0 atom stereocenters. The molecule has 7 heteroatoms. The van der Waals surface area contributed by atoms with Crippen molar-refractivity contribution in [1.82, 2.24) is 20.9 Å². The Bertz CT molecular complexity index is 457. The summed E-state index contributed by atoms with van der Waals surface area (Å²) in [5, 5.41) is 7.88. The molecule has 1 aromatic rings. The van der Waals surface area contributed by atoms with Gasteiger partial charge in [-0.05, 0) is 32.4 Å². The average molecular weight is 294 g/mol. The molecule has 0 aliphatic rings. The van der Waals surface area contributed by atoms with Crippen LogP contribution >= 0.6 is 0 Å². The third-order valence-electron chi connectivity index (χ3n) is 2.25. The topological polar surface area (TPSA) is 92.4 Å². The number of amides is 3. The minimum Gasteiger partial charge on any atom is -0.444 e. The van der Waals surface area contributed by atoms with E-state index in [1.54, 1.807) is 39.2 Å². The van der Waals surface area contributed by atoms with Crippen molar-refractivity contribution >= 4 is 12.1 Å². The molecule has 0 saturated heterocycles. The van der Waals surface area contributed by atoms with Crippen LogP contribution in [0.15, 0.2) is 24.5 Å². The Hall–Kier alpha value is -2.31. The molecule has 0 aliphatic carbocycles. The molecule has 21 heavy (non-hydrogen) atoms. The lowest BCUT2D eigenvalue weighted by molar-refractivity contribution is 0.0528. The van der Waals surface area contributed by atoms with Crippen LogP contribution < -0.4 is 16.0 Å². The largest absolute Gasteiger partial charge is 0.444 e. The first-order valence-electron chi connectivity index (χ1n) is 6.74. The Balaban J connectivity index is 2.10. The summed E-state index contributed by atoms with van der Waals surface area (Å²) in [6, 6.07) is 3.38. The molecule has 116 valence electrons. The highest BCUT2D eigenvalue weighted by Crippen LogP contribution is 2.05. The van der Waals surface area contributed by atoms with Crippen LogP contribution in [-0.4, -0.2) is 35.8 Å². The van der Waals surface area contributed by atoms with Gasteiger partial charge in [-0.15, -0.1) is 0 Å². The second kappa shape index (κ2) is 8.08. The molecule has 0 fully saturated rings. The predicted octanol–water partition coefficient (Wildman–Crippen LogP) is 1.41. The molecule has 1 aromatic heterocycles. The highest BCUT2D eigenvalue weighted by Gasteiger charge is 2.15. The maximum absolute atomic E-state index is 11.5. The first-order valence-corrected chi connectivity index (χ1v) is 6.74. The van der Waals surface area contributed by atoms with E-state index >= 15 is 0 Å². The molecule has 0 unspecified atom stereocenters. The van der Waals surface area contributed by atoms with Gasteiger partial charge >= 0.3 is 12.1 Å². The molecular formula is C14H22N4O3. The second-order valence-electron chi connectivity index (χ2n) is 5.40. The van der Waals surface area contributed by atoms with Gasteiger partial charge in [-0.1, -0.05) is 6.07 Å². The fourth-order valence-electron chi connectivity index (χ4n) is 1.40. The Kier molecular flexibility index (Phi) is 6.45. The molecule has 0 saturated carbocycles. The maximum atomic E-state index is 11.5. The summed E-state index contributed by atoms with van der Waals surface area (Å²) >= 11 is 0. The summed E-state index contributed by atoms with van der Waals surface area (Å²) < 4.78 is 5.06. The molecule has 0 spiro atoms. The Morgan fingerprint density at radius 2 is 1.90 bits per heavy atom. The van der Waals surface area contributed by atoms with E-state index in [4.69, 9.17) is 4.74 Å². The van der Waals surface area contributed by atoms with Crippen molar-refractivity contribution in [2.45, 2.75) is 32.9 Å². The van der Waals surface area contributed by atoms with Crippen molar-refractivity contribution in [3.05, 3.63) is 30.1 Å². The van der Waals surface area contributed by atoms with Crippen molar-refractivity contribution in [1.29, 1.82) is 0 Å². The monoisotopic (exact) mass is 294 g/mol. The van der Waals surface area contributed by atoms with Gasteiger partial charge in [0.15, 0.2) is 0 Å². The van der Waals surface area contributed by atoms with E-state index in [0.29, 0.717) is 19.6 Å². The van der Waals surface area contributed by atoms with E-state index in [9.17, 15) is 9.59 Å². The zero-order chi connectivity index (χ0) is 15.7. The van der Waals surface area contributed by atoms with Gasteiger partial charge in [-0.25, -0.2) is 9.59 Å². The predicted molar refractivity (Wildman–Crippen MR) is 78.7 cm³/mol. The zero-order valence-corrected chi connectivity index (χ0v) is 12.6. The summed E-state index contributed by atoms with van der Waals surface area (Å²) in [4.78, 5) is 26.8.